The number of carbonyl (C=O) groups is 2. The summed E-state index contributed by atoms with van der Waals surface area (Å²) in [6, 6.07) is 0. The van der Waals surface area contributed by atoms with Gasteiger partial charge in [-0.15, -0.1) is 0 Å². The van der Waals surface area contributed by atoms with Crippen molar-refractivity contribution in [2.45, 2.75) is 45.8 Å². The number of ether oxygens (including phenoxy) is 1. The van der Waals surface area contributed by atoms with Gasteiger partial charge >= 0.3 is 5.97 Å². The molecule has 1 amide bonds. The SMILES string of the molecule is CC(C)(C)OC(=O)CCC(=O)NCc1ncc[nH]1. The minimum atomic E-state index is -0.512. The van der Waals surface area contributed by atoms with Gasteiger partial charge in [-0.1, -0.05) is 0 Å². The van der Waals surface area contributed by atoms with Crippen molar-refractivity contribution in [3.05, 3.63) is 18.2 Å². The lowest BCUT2D eigenvalue weighted by Crippen LogP contribution is -2.27. The molecule has 1 heterocycles. The third-order valence-electron chi connectivity index (χ3n) is 1.98. The van der Waals surface area contributed by atoms with Crippen LogP contribution in [0.1, 0.15) is 39.4 Å². The Morgan fingerprint density at radius 1 is 1.39 bits per heavy atom. The normalized spacial score (nSPS) is 11.1. The molecule has 0 saturated heterocycles. The highest BCUT2D eigenvalue weighted by molar-refractivity contribution is 5.81. The quantitative estimate of drug-likeness (QED) is 0.771. The summed E-state index contributed by atoms with van der Waals surface area (Å²) in [6.45, 7) is 5.71. The van der Waals surface area contributed by atoms with Crippen molar-refractivity contribution < 1.29 is 14.3 Å². The second-order valence-electron chi connectivity index (χ2n) is 4.90. The molecule has 18 heavy (non-hydrogen) atoms. The molecule has 0 spiro atoms. The van der Waals surface area contributed by atoms with Crippen molar-refractivity contribution in [1.29, 1.82) is 0 Å². The minimum Gasteiger partial charge on any atom is -0.460 e. The number of H-pyrrole nitrogens is 1. The summed E-state index contributed by atoms with van der Waals surface area (Å²) in [6.07, 6.45) is 3.50. The van der Waals surface area contributed by atoms with E-state index in [1.54, 1.807) is 33.2 Å². The molecular formula is C12H19N3O3. The Hall–Kier alpha value is -1.85. The molecule has 0 aliphatic carbocycles. The van der Waals surface area contributed by atoms with E-state index in [0.717, 1.165) is 0 Å². The number of rotatable bonds is 5. The number of aromatic nitrogens is 2. The van der Waals surface area contributed by atoms with E-state index in [9.17, 15) is 9.59 Å². The molecule has 0 atom stereocenters. The van der Waals surface area contributed by atoms with Crippen LogP contribution in [0.5, 0.6) is 0 Å². The van der Waals surface area contributed by atoms with E-state index in [4.69, 9.17) is 4.74 Å². The molecule has 0 bridgehead atoms. The number of hydrogen-bond donors (Lipinski definition) is 2. The van der Waals surface area contributed by atoms with Gasteiger partial charge in [-0.05, 0) is 20.8 Å². The maximum absolute atomic E-state index is 11.4. The van der Waals surface area contributed by atoms with Gasteiger partial charge in [-0.25, -0.2) is 4.98 Å². The van der Waals surface area contributed by atoms with Crippen molar-refractivity contribution in [3.8, 4) is 0 Å². The molecule has 6 heteroatoms. The van der Waals surface area contributed by atoms with Crippen molar-refractivity contribution in [2.75, 3.05) is 0 Å². The van der Waals surface area contributed by atoms with Gasteiger partial charge in [0.05, 0.1) is 13.0 Å². The zero-order chi connectivity index (χ0) is 13.6. The van der Waals surface area contributed by atoms with Gasteiger partial charge < -0.3 is 15.0 Å². The molecule has 100 valence electrons. The first kappa shape index (κ1) is 14.2. The molecule has 0 fully saturated rings. The fraction of sp³-hybridized carbons (Fsp3) is 0.583. The standard InChI is InChI=1S/C12H19N3O3/c1-12(2,3)18-11(17)5-4-10(16)15-8-9-13-6-7-14-9/h6-7H,4-5,8H2,1-3H3,(H,13,14)(H,15,16). The maximum Gasteiger partial charge on any atom is 0.306 e. The summed E-state index contributed by atoms with van der Waals surface area (Å²) in [5, 5.41) is 2.66. The summed E-state index contributed by atoms with van der Waals surface area (Å²) in [4.78, 5) is 29.7. The first-order valence-electron chi connectivity index (χ1n) is 5.83. The van der Waals surface area contributed by atoms with E-state index in [2.05, 4.69) is 15.3 Å². The Balaban J connectivity index is 2.19. The third-order valence-corrected chi connectivity index (χ3v) is 1.98. The fourth-order valence-electron chi connectivity index (χ4n) is 1.27. The number of imidazole rings is 1. The third kappa shape index (κ3) is 6.03. The minimum absolute atomic E-state index is 0.0846. The van der Waals surface area contributed by atoms with Crippen LogP contribution < -0.4 is 5.32 Å². The predicted octanol–water partition coefficient (Wildman–Crippen LogP) is 1.15. The Labute approximate surface area is 106 Å². The van der Waals surface area contributed by atoms with E-state index in [0.29, 0.717) is 12.4 Å². The molecule has 1 rings (SSSR count). The molecular weight excluding hydrogens is 234 g/mol. The van der Waals surface area contributed by atoms with E-state index in [1.165, 1.54) is 0 Å². The zero-order valence-corrected chi connectivity index (χ0v) is 10.9. The number of nitrogens with zero attached hydrogens (tertiary/aromatic N) is 1. The number of esters is 1. The monoisotopic (exact) mass is 253 g/mol. The Kier molecular flexibility index (Phi) is 4.88. The number of aromatic amines is 1. The Morgan fingerprint density at radius 3 is 2.67 bits per heavy atom. The lowest BCUT2D eigenvalue weighted by molar-refractivity contribution is -0.155. The highest BCUT2D eigenvalue weighted by atomic mass is 16.6. The molecule has 0 unspecified atom stereocenters. The number of nitrogens with one attached hydrogen (secondary N) is 2. The molecule has 1 aromatic rings. The number of hydrogen-bond acceptors (Lipinski definition) is 4. The molecule has 0 saturated carbocycles. The molecule has 6 nitrogen and oxygen atoms in total. The average Bonchev–Trinajstić information content (AvgIpc) is 2.74. The molecule has 0 radical (unpaired) electrons. The van der Waals surface area contributed by atoms with Gasteiger partial charge in [0.15, 0.2) is 0 Å². The Bertz CT molecular complexity index is 393. The van der Waals surface area contributed by atoms with Crippen LogP contribution in [0.4, 0.5) is 0 Å². The van der Waals surface area contributed by atoms with E-state index in [-0.39, 0.29) is 24.7 Å². The van der Waals surface area contributed by atoms with Crippen LogP contribution in [0.15, 0.2) is 12.4 Å². The van der Waals surface area contributed by atoms with Crippen LogP contribution in [0, 0.1) is 0 Å². The summed E-state index contributed by atoms with van der Waals surface area (Å²) < 4.78 is 5.10. The predicted molar refractivity (Wildman–Crippen MR) is 65.5 cm³/mol. The maximum atomic E-state index is 11.4. The first-order valence-corrected chi connectivity index (χ1v) is 5.83. The molecule has 0 aliphatic heterocycles. The van der Waals surface area contributed by atoms with Crippen LogP contribution in [0.3, 0.4) is 0 Å². The second kappa shape index (κ2) is 6.18. The van der Waals surface area contributed by atoms with Crippen LogP contribution >= 0.6 is 0 Å². The van der Waals surface area contributed by atoms with Gasteiger partial charge in [-0.3, -0.25) is 9.59 Å². The highest BCUT2D eigenvalue weighted by Gasteiger charge is 2.16. The van der Waals surface area contributed by atoms with Crippen LogP contribution in [-0.2, 0) is 20.9 Å². The average molecular weight is 253 g/mol. The zero-order valence-electron chi connectivity index (χ0n) is 10.9. The second-order valence-corrected chi connectivity index (χ2v) is 4.90. The number of carbonyl (C=O) groups excluding carboxylic acids is 2. The van der Waals surface area contributed by atoms with Crippen LogP contribution in [0.25, 0.3) is 0 Å². The van der Waals surface area contributed by atoms with Gasteiger partial charge in [-0.2, -0.15) is 0 Å². The van der Waals surface area contributed by atoms with Crippen LogP contribution in [-0.4, -0.2) is 27.4 Å². The van der Waals surface area contributed by atoms with Crippen molar-refractivity contribution in [1.82, 2.24) is 15.3 Å². The van der Waals surface area contributed by atoms with Crippen molar-refractivity contribution in [2.24, 2.45) is 0 Å². The van der Waals surface area contributed by atoms with Gasteiger partial charge in [0.25, 0.3) is 0 Å². The lowest BCUT2D eigenvalue weighted by Gasteiger charge is -2.19. The highest BCUT2D eigenvalue weighted by Crippen LogP contribution is 2.08. The van der Waals surface area contributed by atoms with E-state index < -0.39 is 5.60 Å². The van der Waals surface area contributed by atoms with Crippen molar-refractivity contribution >= 4 is 11.9 Å². The Morgan fingerprint density at radius 2 is 2.11 bits per heavy atom. The van der Waals surface area contributed by atoms with E-state index in [1.807, 2.05) is 0 Å². The molecule has 0 aromatic carbocycles. The summed E-state index contributed by atoms with van der Waals surface area (Å²) >= 11 is 0. The van der Waals surface area contributed by atoms with Crippen molar-refractivity contribution in [3.63, 3.8) is 0 Å². The number of amides is 1. The summed E-state index contributed by atoms with van der Waals surface area (Å²) in [5.74, 6) is 0.119. The molecule has 1 aromatic heterocycles. The molecule has 0 aliphatic rings. The van der Waals surface area contributed by atoms with Gasteiger partial charge in [0, 0.05) is 18.8 Å². The van der Waals surface area contributed by atoms with Crippen LogP contribution in [0.2, 0.25) is 0 Å². The van der Waals surface area contributed by atoms with Gasteiger partial charge in [0.2, 0.25) is 5.91 Å². The fourth-order valence-corrected chi connectivity index (χ4v) is 1.27. The smallest absolute Gasteiger partial charge is 0.306 e. The largest absolute Gasteiger partial charge is 0.460 e. The van der Waals surface area contributed by atoms with Gasteiger partial charge in [0.1, 0.15) is 11.4 Å². The topological polar surface area (TPSA) is 84.1 Å². The molecule has 2 N–H and O–H groups in total. The summed E-state index contributed by atoms with van der Waals surface area (Å²) in [5.41, 5.74) is -0.512. The van der Waals surface area contributed by atoms with E-state index >= 15 is 0 Å². The summed E-state index contributed by atoms with van der Waals surface area (Å²) in [7, 11) is 0. The lowest BCUT2D eigenvalue weighted by atomic mass is 10.2. The first-order chi connectivity index (χ1) is 8.37.